The lowest BCUT2D eigenvalue weighted by molar-refractivity contribution is -0.123. The molecule has 0 aliphatic carbocycles. The third-order valence-corrected chi connectivity index (χ3v) is 6.10. The summed E-state index contributed by atoms with van der Waals surface area (Å²) in [5.74, 6) is 0.948. The van der Waals surface area contributed by atoms with Crippen LogP contribution in [0.1, 0.15) is 12.5 Å². The highest BCUT2D eigenvalue weighted by Gasteiger charge is 2.13. The maximum atomic E-state index is 12.5. The molecule has 36 heavy (non-hydrogen) atoms. The Balaban J connectivity index is 1.25. The summed E-state index contributed by atoms with van der Waals surface area (Å²) in [5, 5.41) is 4.90. The van der Waals surface area contributed by atoms with Gasteiger partial charge in [0.15, 0.2) is 6.61 Å². The van der Waals surface area contributed by atoms with E-state index in [1.54, 1.807) is 19.2 Å². The molecular formula is C29H26N2O5. The van der Waals surface area contributed by atoms with E-state index in [1.165, 1.54) is 6.07 Å². The van der Waals surface area contributed by atoms with E-state index in [2.05, 4.69) is 16.4 Å². The predicted molar refractivity (Wildman–Crippen MR) is 140 cm³/mol. The number of fused-ring (bicyclic) bond motifs is 2. The Morgan fingerprint density at radius 2 is 1.78 bits per heavy atom. The number of para-hydroxylation sites is 1. The highest BCUT2D eigenvalue weighted by atomic mass is 16.5. The maximum absolute atomic E-state index is 12.5. The van der Waals surface area contributed by atoms with Crippen LogP contribution in [0.2, 0.25) is 0 Å². The molecule has 2 N–H and O–H groups in total. The molecule has 0 aliphatic heterocycles. The zero-order chi connectivity index (χ0) is 25.1. The Hall–Kier alpha value is -4.52. The van der Waals surface area contributed by atoms with Crippen LogP contribution in [0.3, 0.4) is 0 Å². The topological polar surface area (TPSA) is 93.6 Å². The van der Waals surface area contributed by atoms with E-state index in [-0.39, 0.29) is 18.6 Å². The minimum absolute atomic E-state index is 0.0676. The van der Waals surface area contributed by atoms with Crippen molar-refractivity contribution in [3.63, 3.8) is 0 Å². The number of nitrogens with one attached hydrogen (secondary N) is 2. The van der Waals surface area contributed by atoms with Crippen molar-refractivity contribution < 1.29 is 18.7 Å². The van der Waals surface area contributed by atoms with Gasteiger partial charge >= 0.3 is 5.63 Å². The van der Waals surface area contributed by atoms with Gasteiger partial charge in [0.1, 0.15) is 17.1 Å². The Bertz CT molecular complexity index is 1580. The Kier molecular flexibility index (Phi) is 6.45. The first-order valence-electron chi connectivity index (χ1n) is 11.7. The Labute approximate surface area is 207 Å². The lowest BCUT2D eigenvalue weighted by Crippen LogP contribution is -2.37. The lowest BCUT2D eigenvalue weighted by Gasteiger charge is -2.14. The summed E-state index contributed by atoms with van der Waals surface area (Å²) in [4.78, 5) is 28.0. The fraction of sp³-hybridized carbons (Fsp3) is 0.172. The largest absolute Gasteiger partial charge is 0.497 e. The second-order valence-corrected chi connectivity index (χ2v) is 8.69. The third kappa shape index (κ3) is 4.95. The van der Waals surface area contributed by atoms with Gasteiger partial charge in [-0.3, -0.25) is 4.79 Å². The fourth-order valence-electron chi connectivity index (χ4n) is 4.39. The molecular weight excluding hydrogens is 456 g/mol. The number of carbonyl (C=O) groups excluding carboxylic acids is 1. The van der Waals surface area contributed by atoms with Gasteiger partial charge < -0.3 is 24.2 Å². The van der Waals surface area contributed by atoms with Gasteiger partial charge in [0, 0.05) is 40.7 Å². The molecule has 0 saturated carbocycles. The number of aromatic nitrogens is 1. The van der Waals surface area contributed by atoms with E-state index in [0.717, 1.165) is 38.7 Å². The van der Waals surface area contributed by atoms with Gasteiger partial charge in [-0.1, -0.05) is 30.3 Å². The quantitative estimate of drug-likeness (QED) is 0.301. The molecule has 182 valence electrons. The molecule has 0 fully saturated rings. The van der Waals surface area contributed by atoms with Crippen LogP contribution < -0.4 is 20.4 Å². The normalized spacial score (nSPS) is 11.9. The maximum Gasteiger partial charge on any atom is 0.336 e. The molecule has 0 aliphatic rings. The molecule has 0 spiro atoms. The van der Waals surface area contributed by atoms with E-state index in [4.69, 9.17) is 13.9 Å². The number of ether oxygens (including phenoxy) is 2. The van der Waals surface area contributed by atoms with E-state index in [0.29, 0.717) is 17.8 Å². The predicted octanol–water partition coefficient (Wildman–Crippen LogP) is 5.08. The third-order valence-electron chi connectivity index (χ3n) is 6.10. The van der Waals surface area contributed by atoms with Crippen LogP contribution in [0.5, 0.6) is 11.5 Å². The number of aromatic amines is 1. The van der Waals surface area contributed by atoms with E-state index in [1.807, 2.05) is 61.7 Å². The zero-order valence-electron chi connectivity index (χ0n) is 20.0. The highest BCUT2D eigenvalue weighted by Crippen LogP contribution is 2.30. The summed E-state index contributed by atoms with van der Waals surface area (Å²) in [6, 6.07) is 22.2. The molecule has 0 unspecified atom stereocenters. The zero-order valence-corrected chi connectivity index (χ0v) is 20.0. The fourth-order valence-corrected chi connectivity index (χ4v) is 4.39. The minimum atomic E-state index is -0.464. The standard InChI is InChI=1S/C29H26N2O5/c1-18(13-20-16-30-26-6-4-3-5-23(20)26)31-28(32)17-35-22-11-12-24-25(15-29(33)36-27(24)14-22)19-7-9-21(34-2)10-8-19/h3-12,14-16,18,30H,13,17H2,1-2H3,(H,31,32)/t18-/m0/s1. The first-order chi connectivity index (χ1) is 17.5. The van der Waals surface area contributed by atoms with Crippen molar-refractivity contribution in [1.82, 2.24) is 10.3 Å². The van der Waals surface area contributed by atoms with Crippen molar-refractivity contribution >= 4 is 27.8 Å². The van der Waals surface area contributed by atoms with E-state index < -0.39 is 5.63 Å². The van der Waals surface area contributed by atoms with Gasteiger partial charge in [-0.25, -0.2) is 4.79 Å². The Morgan fingerprint density at radius 3 is 2.58 bits per heavy atom. The monoisotopic (exact) mass is 482 g/mol. The molecule has 2 heterocycles. The van der Waals surface area contributed by atoms with Crippen molar-refractivity contribution in [3.05, 3.63) is 95.0 Å². The van der Waals surface area contributed by atoms with Gasteiger partial charge in [-0.05, 0) is 60.4 Å². The molecule has 1 amide bonds. The average Bonchev–Trinajstić information content (AvgIpc) is 3.29. The summed E-state index contributed by atoms with van der Waals surface area (Å²) in [6.45, 7) is 1.82. The summed E-state index contributed by atoms with van der Waals surface area (Å²) < 4.78 is 16.3. The minimum Gasteiger partial charge on any atom is -0.497 e. The number of H-pyrrole nitrogens is 1. The number of amides is 1. The summed E-state index contributed by atoms with van der Waals surface area (Å²) in [6.07, 6.45) is 2.68. The molecule has 0 saturated heterocycles. The summed E-state index contributed by atoms with van der Waals surface area (Å²) >= 11 is 0. The van der Waals surface area contributed by atoms with Crippen molar-refractivity contribution in [2.45, 2.75) is 19.4 Å². The average molecular weight is 483 g/mol. The van der Waals surface area contributed by atoms with Crippen LogP contribution >= 0.6 is 0 Å². The van der Waals surface area contributed by atoms with Crippen LogP contribution in [-0.2, 0) is 11.2 Å². The lowest BCUT2D eigenvalue weighted by atomic mass is 10.0. The molecule has 5 aromatic rings. The molecule has 2 aromatic heterocycles. The molecule has 1 atom stereocenters. The smallest absolute Gasteiger partial charge is 0.336 e. The first-order valence-corrected chi connectivity index (χ1v) is 11.7. The number of carbonyl (C=O) groups is 1. The first kappa shape index (κ1) is 23.2. The van der Waals surface area contributed by atoms with Crippen LogP contribution in [0.15, 0.2) is 88.2 Å². The number of hydrogen-bond acceptors (Lipinski definition) is 5. The van der Waals surface area contributed by atoms with Gasteiger partial charge in [0.25, 0.3) is 5.91 Å². The number of hydrogen-bond donors (Lipinski definition) is 2. The summed E-state index contributed by atoms with van der Waals surface area (Å²) in [7, 11) is 1.60. The van der Waals surface area contributed by atoms with E-state index >= 15 is 0 Å². The van der Waals surface area contributed by atoms with Crippen molar-refractivity contribution in [1.29, 1.82) is 0 Å². The van der Waals surface area contributed by atoms with Crippen LogP contribution in [0.4, 0.5) is 0 Å². The summed E-state index contributed by atoms with van der Waals surface area (Å²) in [5.41, 5.74) is 3.77. The molecule has 5 rings (SSSR count). The molecule has 3 aromatic carbocycles. The van der Waals surface area contributed by atoms with Gasteiger partial charge in [0.05, 0.1) is 7.11 Å². The number of methoxy groups -OCH3 is 1. The van der Waals surface area contributed by atoms with Crippen molar-refractivity contribution in [3.8, 4) is 22.6 Å². The molecule has 0 radical (unpaired) electrons. The molecule has 7 nitrogen and oxygen atoms in total. The SMILES string of the molecule is COc1ccc(-c2cc(=O)oc3cc(OCC(=O)N[C@@H](C)Cc4c[nH]c5ccccc45)ccc23)cc1. The van der Waals surface area contributed by atoms with Crippen LogP contribution in [0.25, 0.3) is 33.0 Å². The number of benzene rings is 3. The second-order valence-electron chi connectivity index (χ2n) is 8.69. The van der Waals surface area contributed by atoms with Gasteiger partial charge in [0.2, 0.25) is 0 Å². The van der Waals surface area contributed by atoms with Crippen LogP contribution in [0, 0.1) is 0 Å². The highest BCUT2D eigenvalue weighted by molar-refractivity contribution is 5.94. The Morgan fingerprint density at radius 1 is 1.00 bits per heavy atom. The molecule has 7 heteroatoms. The van der Waals surface area contributed by atoms with Crippen molar-refractivity contribution in [2.24, 2.45) is 0 Å². The second kappa shape index (κ2) is 10.00. The van der Waals surface area contributed by atoms with Crippen molar-refractivity contribution in [2.75, 3.05) is 13.7 Å². The van der Waals surface area contributed by atoms with Crippen LogP contribution in [-0.4, -0.2) is 30.6 Å². The van der Waals surface area contributed by atoms with Gasteiger partial charge in [-0.2, -0.15) is 0 Å². The van der Waals surface area contributed by atoms with Gasteiger partial charge in [-0.15, -0.1) is 0 Å². The van der Waals surface area contributed by atoms with E-state index in [9.17, 15) is 9.59 Å². The molecule has 0 bridgehead atoms. The number of rotatable bonds is 8.